The Morgan fingerprint density at radius 2 is 0.429 bits per heavy atom. The molecule has 696 valence electrons. The van der Waals surface area contributed by atoms with Gasteiger partial charge in [-0.2, -0.15) is 18.3 Å². The van der Waals surface area contributed by atoms with Gasteiger partial charge in [0.25, 0.3) is 0 Å². The lowest BCUT2D eigenvalue weighted by Crippen LogP contribution is -2.31. The summed E-state index contributed by atoms with van der Waals surface area (Å²) in [6, 6.07) is 132. The quantitative estimate of drug-likeness (QED) is 0.0768. The smallest absolute Gasteiger partial charge is 0.230 e. The Kier molecular flexibility index (Phi) is 27.6. The van der Waals surface area contributed by atoms with Crippen molar-refractivity contribution in [3.8, 4) is 124 Å². The van der Waals surface area contributed by atoms with E-state index >= 15 is 0 Å². The van der Waals surface area contributed by atoms with E-state index in [0.717, 1.165) is 0 Å². The number of pyridine rings is 4. The van der Waals surface area contributed by atoms with Crippen LogP contribution < -0.4 is 18.3 Å². The molecule has 8 nitrogen and oxygen atoms in total. The zero-order chi connectivity index (χ0) is 98.0. The molecule has 0 amide bonds. The van der Waals surface area contributed by atoms with Crippen LogP contribution in [0.2, 0.25) is 0 Å². The topological polar surface area (TPSA) is 35.2 Å². The lowest BCUT2D eigenvalue weighted by molar-refractivity contribution is -0.660. The minimum Gasteiger partial charge on any atom is -0.304 e. The third-order valence-electron chi connectivity index (χ3n) is 28.5. The van der Waals surface area contributed by atoms with Crippen molar-refractivity contribution in [3.05, 3.63) is 456 Å². The molecule has 0 spiro atoms. The molecule has 0 aliphatic carbocycles. The Morgan fingerprint density at radius 3 is 0.729 bits per heavy atom. The van der Waals surface area contributed by atoms with E-state index in [1.807, 2.05) is 0 Å². The Bertz CT molecular complexity index is 8040. The fraction of sp³-hybridized carbons (Fsp3) is 0.197. The fourth-order valence-corrected chi connectivity index (χ4v) is 21.3. The maximum absolute atomic E-state index is 2.56. The monoisotopic (exact) mass is 1830 g/mol. The fourth-order valence-electron chi connectivity index (χ4n) is 21.3. The molecule has 0 bridgehead atoms. The zero-order valence-corrected chi connectivity index (χ0v) is 85.4. The van der Waals surface area contributed by atoms with Gasteiger partial charge in [0.1, 0.15) is 51.0 Å². The Morgan fingerprint density at radius 1 is 0.193 bits per heavy atom. The maximum atomic E-state index is 2.56. The van der Waals surface area contributed by atoms with Crippen molar-refractivity contribution in [2.45, 2.75) is 147 Å². The van der Waals surface area contributed by atoms with Gasteiger partial charge in [-0.1, -0.05) is 348 Å². The summed E-state index contributed by atoms with van der Waals surface area (Å²) in [5.41, 5.74) is 48.5. The SMILES string of the molecule is Cc1c(-c2cc(-c3ccccc3)cc[n+]2C)n(-c2c(C(C)C)cc(-c3ccccc3)cc2C(C)C)c2ccccc12.Cc1c(-c2cc(-c3ccccc3)cc[n+]2C)n(-c2c(C(C)C)cccc2C(C)C)c2ccccc12.Cc1c(-c2cc(-c3ccccc3)cc[n+]2C)n(-c2ccccc2C(C)C)c2ccccc12.Cc1cc(C)c(-n2c(-c3cc(-c4ccccc4)cc[n+]3C)c(C)c3ccccc32)c(C)c1. The number of fused-ring (bicyclic) bond motifs is 4. The van der Waals surface area contributed by atoms with Gasteiger partial charge >= 0.3 is 0 Å². The van der Waals surface area contributed by atoms with Gasteiger partial charge in [0.2, 0.25) is 22.8 Å². The van der Waals surface area contributed by atoms with Gasteiger partial charge in [0.05, 0.1) is 39.1 Å². The summed E-state index contributed by atoms with van der Waals surface area (Å²) in [4.78, 5) is 0. The highest BCUT2D eigenvalue weighted by Crippen LogP contribution is 2.47. The van der Waals surface area contributed by atoms with E-state index in [2.05, 4.69) is 571 Å². The summed E-state index contributed by atoms with van der Waals surface area (Å²) in [6.07, 6.45) is 8.74. The molecule has 8 heterocycles. The van der Waals surface area contributed by atoms with Crippen molar-refractivity contribution in [3.63, 3.8) is 0 Å². The number of aryl methyl sites for hydroxylation is 11. The molecule has 0 saturated heterocycles. The second-order valence-corrected chi connectivity index (χ2v) is 39.6. The van der Waals surface area contributed by atoms with Crippen LogP contribution in [0.15, 0.2) is 389 Å². The van der Waals surface area contributed by atoms with Crippen LogP contribution in [-0.4, -0.2) is 18.3 Å². The van der Waals surface area contributed by atoms with E-state index in [1.165, 1.54) is 234 Å². The lowest BCUT2D eigenvalue weighted by atomic mass is 9.88. The predicted octanol–water partition coefficient (Wildman–Crippen LogP) is 32.6. The van der Waals surface area contributed by atoms with E-state index in [0.29, 0.717) is 29.6 Å². The summed E-state index contributed by atoms with van der Waals surface area (Å²) in [6.45, 7) is 38.7. The molecular formula is C132H132N8+4. The van der Waals surface area contributed by atoms with Crippen LogP contribution in [0, 0.1) is 48.5 Å². The Hall–Kier alpha value is -15.4. The minimum absolute atomic E-state index is 0.352. The van der Waals surface area contributed by atoms with Crippen LogP contribution in [0.3, 0.4) is 0 Å². The first-order valence-corrected chi connectivity index (χ1v) is 49.9. The minimum atomic E-state index is 0.352. The highest BCUT2D eigenvalue weighted by Gasteiger charge is 2.33. The third kappa shape index (κ3) is 18.4. The first-order valence-electron chi connectivity index (χ1n) is 49.9. The van der Waals surface area contributed by atoms with Gasteiger partial charge in [-0.15, -0.1) is 0 Å². The summed E-state index contributed by atoms with van der Waals surface area (Å²) < 4.78 is 19.0. The average molecular weight is 1830 g/mol. The van der Waals surface area contributed by atoms with Gasteiger partial charge in [-0.25, -0.2) is 0 Å². The number of benzene rings is 13. The van der Waals surface area contributed by atoms with Crippen LogP contribution in [-0.2, 0) is 28.2 Å². The van der Waals surface area contributed by atoms with Crippen LogP contribution in [0.25, 0.3) is 168 Å². The van der Waals surface area contributed by atoms with Gasteiger partial charge in [0.15, 0.2) is 24.8 Å². The van der Waals surface area contributed by atoms with Gasteiger partial charge in [0, 0.05) is 75.8 Å². The largest absolute Gasteiger partial charge is 0.304 e. The van der Waals surface area contributed by atoms with Crippen molar-refractivity contribution in [2.75, 3.05) is 0 Å². The molecule has 21 aromatic rings. The molecule has 0 aliphatic heterocycles. The van der Waals surface area contributed by atoms with Crippen molar-refractivity contribution in [1.82, 2.24) is 18.3 Å². The second kappa shape index (κ2) is 40.7. The van der Waals surface area contributed by atoms with E-state index < -0.39 is 0 Å². The maximum Gasteiger partial charge on any atom is 0.230 e. The molecule has 8 heteroatoms. The number of rotatable bonds is 18. The Labute approximate surface area is 829 Å². The summed E-state index contributed by atoms with van der Waals surface area (Å²) in [5.74, 6) is 1.98. The van der Waals surface area contributed by atoms with Crippen molar-refractivity contribution in [2.24, 2.45) is 28.2 Å². The van der Waals surface area contributed by atoms with Crippen LogP contribution in [0.4, 0.5) is 0 Å². The van der Waals surface area contributed by atoms with E-state index in [1.54, 1.807) is 0 Å². The van der Waals surface area contributed by atoms with E-state index in [4.69, 9.17) is 0 Å². The molecule has 0 saturated carbocycles. The lowest BCUT2D eigenvalue weighted by Gasteiger charge is -2.25. The van der Waals surface area contributed by atoms with Gasteiger partial charge < -0.3 is 18.3 Å². The number of para-hydroxylation sites is 6. The third-order valence-corrected chi connectivity index (χ3v) is 28.5. The summed E-state index contributed by atoms with van der Waals surface area (Å²) in [5, 5.41) is 5.20. The molecule has 13 aromatic carbocycles. The first-order chi connectivity index (χ1) is 67.7. The van der Waals surface area contributed by atoms with Gasteiger partial charge in [-0.3, -0.25) is 0 Å². The molecule has 0 fully saturated rings. The van der Waals surface area contributed by atoms with Crippen molar-refractivity contribution < 1.29 is 18.3 Å². The number of hydrogen-bond donors (Lipinski definition) is 0. The summed E-state index contributed by atoms with van der Waals surface area (Å²) in [7, 11) is 8.60. The highest BCUT2D eigenvalue weighted by atomic mass is 15.1. The van der Waals surface area contributed by atoms with E-state index in [9.17, 15) is 0 Å². The first kappa shape index (κ1) is 95.0. The molecule has 21 rings (SSSR count). The predicted molar refractivity (Wildman–Crippen MR) is 590 cm³/mol. The molecule has 0 unspecified atom stereocenters. The highest BCUT2D eigenvalue weighted by molar-refractivity contribution is 5.98. The molecule has 0 radical (unpaired) electrons. The summed E-state index contributed by atoms with van der Waals surface area (Å²) >= 11 is 0. The standard InChI is InChI=1S/C39H39N2.C33H35N2.2C30H29N2/c1-26(2)34-23-32(30-17-11-8-12-18-30)24-35(27(3)4)39(34)41-36-20-14-13-19-33(36)28(5)38(41)37-25-31(21-22-40(37)6)29-15-9-7-10-16-29;1-22(2)27-16-12-17-28(23(3)4)33(27)35-30-18-11-10-15-29(30)24(5)32(35)31-21-26(19-20-34(31)6)25-13-8-7-9-14-25;1-20-17-21(2)29(22(3)18-20)32-27-14-10-9-13-26(27)23(4)30(32)28-19-25(15-16-31(28)5)24-11-7-6-8-12-24;1-21(2)25-14-8-10-16-27(25)32-28-17-11-9-15-26(28)22(3)30(32)29-20-24(18-19-31(29)4)23-12-6-5-7-13-23/h7-27H,1-6H3;7-23H,1-6H3;6-19H,1-5H3;5-21H,1-4H3/q4*+1. The number of nitrogens with zero attached hydrogens (tertiary/aromatic N) is 8. The molecule has 0 N–H and O–H groups in total. The van der Waals surface area contributed by atoms with Gasteiger partial charge in [-0.05, 0) is 237 Å². The van der Waals surface area contributed by atoms with Crippen LogP contribution >= 0.6 is 0 Å². The normalized spacial score (nSPS) is 11.5. The Balaban J connectivity index is 0.000000124. The van der Waals surface area contributed by atoms with Crippen molar-refractivity contribution >= 4 is 43.6 Å². The molecule has 0 aliphatic rings. The molecule has 140 heavy (non-hydrogen) atoms. The number of hydrogen-bond acceptors (Lipinski definition) is 0. The van der Waals surface area contributed by atoms with Crippen LogP contribution in [0.5, 0.6) is 0 Å². The molecule has 0 atom stereocenters. The molecular weight excluding hydrogens is 1700 g/mol. The zero-order valence-electron chi connectivity index (χ0n) is 85.4. The number of aromatic nitrogens is 8. The van der Waals surface area contributed by atoms with E-state index in [-0.39, 0.29) is 0 Å². The second-order valence-electron chi connectivity index (χ2n) is 39.6. The van der Waals surface area contributed by atoms with Crippen molar-refractivity contribution in [1.29, 1.82) is 0 Å². The van der Waals surface area contributed by atoms with Crippen LogP contribution in [0.1, 0.15) is 166 Å². The molecule has 8 aromatic heterocycles. The average Bonchev–Trinajstić information content (AvgIpc) is 1.57.